The Kier molecular flexibility index (Phi) is 9.90. The molecule has 2 rings (SSSR count). The molecular weight excluding hydrogens is 437 g/mol. The fourth-order valence-corrected chi connectivity index (χ4v) is 6.60. The van der Waals surface area contributed by atoms with Gasteiger partial charge in [-0.3, -0.25) is 9.36 Å². The quantitative estimate of drug-likeness (QED) is 0.321. The molecule has 176 valence electrons. The Balaban J connectivity index is 2.09. The number of hydrogen-bond acceptors (Lipinski definition) is 5. The Morgan fingerprint density at radius 1 is 1.29 bits per heavy atom. The van der Waals surface area contributed by atoms with Crippen LogP contribution in [0, 0.1) is 0 Å². The summed E-state index contributed by atoms with van der Waals surface area (Å²) in [6.45, 7) is 5.27. The van der Waals surface area contributed by atoms with Crippen LogP contribution < -0.4 is 9.46 Å². The second kappa shape index (κ2) is 11.7. The van der Waals surface area contributed by atoms with Crippen LogP contribution in [0.3, 0.4) is 0 Å². The van der Waals surface area contributed by atoms with E-state index in [1.807, 2.05) is 24.3 Å². The summed E-state index contributed by atoms with van der Waals surface area (Å²) in [7, 11) is -3.83. The number of aliphatic carboxylic acids is 1. The average molecular weight is 474 g/mol. The van der Waals surface area contributed by atoms with Crippen LogP contribution in [0.4, 0.5) is 0 Å². The first-order valence-electron chi connectivity index (χ1n) is 10.9. The predicted molar refractivity (Wildman–Crippen MR) is 124 cm³/mol. The van der Waals surface area contributed by atoms with Gasteiger partial charge in [-0.25, -0.2) is 0 Å². The van der Waals surface area contributed by atoms with Crippen molar-refractivity contribution in [3.8, 4) is 5.75 Å². The van der Waals surface area contributed by atoms with E-state index in [9.17, 15) is 18.8 Å². The number of benzene rings is 1. The minimum atomic E-state index is -3.83. The molecular formula is C22H36NO6PS. The lowest BCUT2D eigenvalue weighted by molar-refractivity contribution is -0.137. The SMILES string of the molecule is CC(C)(C)[S@+]([O-])NC(CCC(=O)O)P(=O)(O)CCc1ccccc1OC1CCCCC1. The number of carbonyl (C=O) groups is 1. The number of hydrogen-bond donors (Lipinski definition) is 3. The lowest BCUT2D eigenvalue weighted by Gasteiger charge is -2.30. The van der Waals surface area contributed by atoms with Crippen LogP contribution in [0.25, 0.3) is 0 Å². The van der Waals surface area contributed by atoms with Crippen LogP contribution >= 0.6 is 7.37 Å². The minimum Gasteiger partial charge on any atom is -0.598 e. The molecule has 3 atom stereocenters. The summed E-state index contributed by atoms with van der Waals surface area (Å²) in [4.78, 5) is 21.8. The number of para-hydroxylation sites is 1. The highest BCUT2D eigenvalue weighted by molar-refractivity contribution is 7.91. The molecule has 2 unspecified atom stereocenters. The smallest absolute Gasteiger partial charge is 0.303 e. The summed E-state index contributed by atoms with van der Waals surface area (Å²) in [6, 6.07) is 7.55. The van der Waals surface area contributed by atoms with Crippen LogP contribution in [0.2, 0.25) is 0 Å². The van der Waals surface area contributed by atoms with E-state index in [-0.39, 0.29) is 25.1 Å². The third kappa shape index (κ3) is 8.78. The zero-order chi connectivity index (χ0) is 23.1. The van der Waals surface area contributed by atoms with Crippen molar-refractivity contribution >= 4 is 24.7 Å². The molecule has 0 radical (unpaired) electrons. The lowest BCUT2D eigenvalue weighted by Crippen LogP contribution is -2.45. The largest absolute Gasteiger partial charge is 0.598 e. The summed E-state index contributed by atoms with van der Waals surface area (Å²) >= 11 is -1.59. The molecule has 31 heavy (non-hydrogen) atoms. The summed E-state index contributed by atoms with van der Waals surface area (Å²) in [5.41, 5.74) is 0.858. The van der Waals surface area contributed by atoms with Crippen molar-refractivity contribution in [1.82, 2.24) is 4.72 Å². The zero-order valence-corrected chi connectivity index (χ0v) is 20.4. The number of ether oxygens (including phenoxy) is 1. The van der Waals surface area contributed by atoms with Gasteiger partial charge in [0.1, 0.15) is 16.3 Å². The van der Waals surface area contributed by atoms with E-state index >= 15 is 0 Å². The molecule has 0 heterocycles. The minimum absolute atomic E-state index is 0.0450. The monoisotopic (exact) mass is 473 g/mol. The maximum Gasteiger partial charge on any atom is 0.303 e. The van der Waals surface area contributed by atoms with Gasteiger partial charge < -0.3 is 19.3 Å². The molecule has 9 heteroatoms. The second-order valence-corrected chi connectivity index (χ2v) is 13.7. The third-order valence-corrected chi connectivity index (χ3v) is 9.45. The first-order valence-corrected chi connectivity index (χ1v) is 14.0. The summed E-state index contributed by atoms with van der Waals surface area (Å²) in [5, 5.41) is 9.03. The van der Waals surface area contributed by atoms with E-state index in [1.54, 1.807) is 20.8 Å². The van der Waals surface area contributed by atoms with Gasteiger partial charge >= 0.3 is 5.97 Å². The fraction of sp³-hybridized carbons (Fsp3) is 0.682. The Morgan fingerprint density at radius 3 is 2.55 bits per heavy atom. The van der Waals surface area contributed by atoms with Gasteiger partial charge in [-0.05, 0) is 70.9 Å². The normalized spacial score (nSPS) is 19.4. The maximum atomic E-state index is 13.2. The molecule has 0 bridgehead atoms. The van der Waals surface area contributed by atoms with Crippen LogP contribution in [0.15, 0.2) is 24.3 Å². The fourth-order valence-electron chi connectivity index (χ4n) is 3.53. The molecule has 7 nitrogen and oxygen atoms in total. The van der Waals surface area contributed by atoms with Crippen molar-refractivity contribution in [2.45, 2.75) is 88.8 Å². The predicted octanol–water partition coefficient (Wildman–Crippen LogP) is 4.45. The van der Waals surface area contributed by atoms with E-state index in [4.69, 9.17) is 9.84 Å². The van der Waals surface area contributed by atoms with E-state index in [2.05, 4.69) is 4.72 Å². The van der Waals surface area contributed by atoms with Crippen molar-refractivity contribution in [2.24, 2.45) is 0 Å². The molecule has 1 saturated carbocycles. The van der Waals surface area contributed by atoms with Gasteiger partial charge in [0.2, 0.25) is 7.37 Å². The first-order chi connectivity index (χ1) is 14.5. The summed E-state index contributed by atoms with van der Waals surface area (Å²) in [6.07, 6.45) is 5.70. The molecule has 1 aromatic carbocycles. The summed E-state index contributed by atoms with van der Waals surface area (Å²) in [5.74, 6) is -1.36. The van der Waals surface area contributed by atoms with Crippen LogP contribution in [0.5, 0.6) is 5.75 Å². The molecule has 1 aromatic rings. The Morgan fingerprint density at radius 2 is 1.94 bits per heavy atom. The highest BCUT2D eigenvalue weighted by Crippen LogP contribution is 2.48. The van der Waals surface area contributed by atoms with Crippen molar-refractivity contribution in [2.75, 3.05) is 6.16 Å². The van der Waals surface area contributed by atoms with Gasteiger partial charge in [-0.15, -0.1) is 4.72 Å². The Bertz CT molecular complexity index is 763. The average Bonchev–Trinajstić information content (AvgIpc) is 2.70. The third-order valence-electron chi connectivity index (χ3n) is 5.44. The van der Waals surface area contributed by atoms with E-state index in [0.29, 0.717) is 6.42 Å². The van der Waals surface area contributed by atoms with Crippen molar-refractivity contribution < 1.29 is 28.6 Å². The van der Waals surface area contributed by atoms with E-state index in [0.717, 1.165) is 37.0 Å². The highest BCUT2D eigenvalue weighted by atomic mass is 32.2. The Labute approximate surface area is 188 Å². The molecule has 0 aromatic heterocycles. The molecule has 0 amide bonds. The van der Waals surface area contributed by atoms with Gasteiger partial charge in [0, 0.05) is 23.9 Å². The molecule has 1 aliphatic carbocycles. The molecule has 0 saturated heterocycles. The lowest BCUT2D eigenvalue weighted by atomic mass is 9.97. The van der Waals surface area contributed by atoms with Crippen LogP contribution in [0.1, 0.15) is 71.3 Å². The Hall–Kier alpha value is -1.05. The topological polar surface area (TPSA) is 119 Å². The number of carboxylic acids is 1. The van der Waals surface area contributed by atoms with E-state index in [1.165, 1.54) is 6.42 Å². The molecule has 3 N–H and O–H groups in total. The van der Waals surface area contributed by atoms with Gasteiger partial charge in [0.15, 0.2) is 0 Å². The summed E-state index contributed by atoms with van der Waals surface area (Å²) < 4.78 is 34.0. The first kappa shape index (κ1) is 26.2. The van der Waals surface area contributed by atoms with Gasteiger partial charge in [0.05, 0.1) is 6.10 Å². The van der Waals surface area contributed by atoms with Crippen molar-refractivity contribution in [3.63, 3.8) is 0 Å². The number of nitrogens with one attached hydrogen (secondary N) is 1. The van der Waals surface area contributed by atoms with Gasteiger partial charge in [-0.1, -0.05) is 24.6 Å². The van der Waals surface area contributed by atoms with E-state index < -0.39 is 35.2 Å². The van der Waals surface area contributed by atoms with Gasteiger partial charge in [-0.2, -0.15) is 0 Å². The van der Waals surface area contributed by atoms with Gasteiger partial charge in [0.25, 0.3) is 0 Å². The molecule has 0 aliphatic heterocycles. The highest BCUT2D eigenvalue weighted by Gasteiger charge is 2.38. The van der Waals surface area contributed by atoms with Crippen LogP contribution in [-0.2, 0) is 27.1 Å². The zero-order valence-electron chi connectivity index (χ0n) is 18.7. The van der Waals surface area contributed by atoms with Crippen LogP contribution in [-0.4, -0.2) is 43.3 Å². The van der Waals surface area contributed by atoms with Crippen molar-refractivity contribution in [1.29, 1.82) is 0 Å². The maximum absolute atomic E-state index is 13.2. The number of aryl methyl sites for hydroxylation is 1. The molecule has 0 spiro atoms. The number of carboxylic acid groups (broad SMARTS) is 1. The molecule has 1 fully saturated rings. The standard InChI is InChI=1S/C22H36NO6PS/c1-22(2,3)31(28)23-20(13-14-21(24)25)30(26,27)16-15-17-9-7-8-12-19(17)29-18-10-5-4-6-11-18/h7-9,12,18,20,23H,4-6,10-11,13-16H2,1-3H3,(H,24,25)(H,26,27)/t20?,31-/m0/s1. The van der Waals surface area contributed by atoms with Crippen molar-refractivity contribution in [3.05, 3.63) is 29.8 Å². The molecule has 1 aliphatic rings. The number of rotatable bonds is 11. The second-order valence-electron chi connectivity index (χ2n) is 9.16.